The van der Waals surface area contributed by atoms with Crippen LogP contribution < -0.4 is 5.56 Å². The van der Waals surface area contributed by atoms with Gasteiger partial charge in [-0.3, -0.25) is 4.79 Å². The minimum Gasteiger partial charge on any atom is -0.353 e. The van der Waals surface area contributed by atoms with E-state index in [0.717, 1.165) is 38.4 Å². The van der Waals surface area contributed by atoms with Crippen LogP contribution in [0.4, 0.5) is 0 Å². The van der Waals surface area contributed by atoms with Gasteiger partial charge in [0.1, 0.15) is 0 Å². The van der Waals surface area contributed by atoms with Gasteiger partial charge in [-0.25, -0.2) is 0 Å². The van der Waals surface area contributed by atoms with E-state index in [2.05, 4.69) is 25.9 Å². The zero-order valence-corrected chi connectivity index (χ0v) is 10.9. The van der Waals surface area contributed by atoms with Crippen molar-refractivity contribution in [3.63, 3.8) is 0 Å². The fraction of sp³-hybridized carbons (Fsp3) is 0.154. The van der Waals surface area contributed by atoms with Crippen LogP contribution in [-0.4, -0.2) is 9.97 Å². The van der Waals surface area contributed by atoms with Gasteiger partial charge in [0.2, 0.25) is 5.56 Å². The van der Waals surface area contributed by atoms with Crippen molar-refractivity contribution in [1.82, 2.24) is 9.97 Å². The fourth-order valence-corrected chi connectivity index (χ4v) is 2.83. The standard InChI is InChI=1S/C13H11BrN2O/c1-2-9-13-7(6-11(17)15-9)12-8(14)4-3-5-10(12)16-13/h3-6,16H,2H2,1H3,(H,15,17). The Bertz CT molecular complexity index is 770. The lowest BCUT2D eigenvalue weighted by atomic mass is 10.1. The van der Waals surface area contributed by atoms with E-state index in [0.29, 0.717) is 0 Å². The Hall–Kier alpha value is -1.55. The van der Waals surface area contributed by atoms with Crippen molar-refractivity contribution in [2.45, 2.75) is 13.3 Å². The number of pyridine rings is 1. The molecular weight excluding hydrogens is 280 g/mol. The van der Waals surface area contributed by atoms with Crippen LogP contribution in [0.3, 0.4) is 0 Å². The number of aromatic amines is 2. The predicted molar refractivity (Wildman–Crippen MR) is 73.5 cm³/mol. The lowest BCUT2D eigenvalue weighted by molar-refractivity contribution is 1.03. The molecule has 0 atom stereocenters. The number of nitrogens with one attached hydrogen (secondary N) is 2. The van der Waals surface area contributed by atoms with Gasteiger partial charge >= 0.3 is 0 Å². The monoisotopic (exact) mass is 290 g/mol. The zero-order chi connectivity index (χ0) is 12.0. The topological polar surface area (TPSA) is 48.6 Å². The first-order valence-electron chi connectivity index (χ1n) is 5.53. The molecular formula is C13H11BrN2O. The molecule has 4 heteroatoms. The summed E-state index contributed by atoms with van der Waals surface area (Å²) in [5.41, 5.74) is 2.97. The van der Waals surface area contributed by atoms with Gasteiger partial charge in [0.15, 0.2) is 0 Å². The van der Waals surface area contributed by atoms with Crippen LogP contribution in [0.1, 0.15) is 12.6 Å². The summed E-state index contributed by atoms with van der Waals surface area (Å²) >= 11 is 3.54. The third-order valence-electron chi connectivity index (χ3n) is 3.02. The van der Waals surface area contributed by atoms with Crippen molar-refractivity contribution in [2.75, 3.05) is 0 Å². The molecule has 3 aromatic rings. The first-order valence-corrected chi connectivity index (χ1v) is 6.32. The Morgan fingerprint density at radius 3 is 2.88 bits per heavy atom. The molecule has 0 radical (unpaired) electrons. The maximum Gasteiger partial charge on any atom is 0.248 e. The first-order chi connectivity index (χ1) is 8.20. The van der Waals surface area contributed by atoms with Crippen LogP contribution in [0.5, 0.6) is 0 Å². The van der Waals surface area contributed by atoms with Crippen molar-refractivity contribution < 1.29 is 0 Å². The highest BCUT2D eigenvalue weighted by Crippen LogP contribution is 2.31. The first kappa shape index (κ1) is 10.6. The summed E-state index contributed by atoms with van der Waals surface area (Å²) in [5, 5.41) is 2.05. The maximum absolute atomic E-state index is 11.6. The minimum absolute atomic E-state index is 0.0500. The Kier molecular flexibility index (Phi) is 2.33. The van der Waals surface area contributed by atoms with E-state index < -0.39 is 0 Å². The van der Waals surface area contributed by atoms with Crippen molar-refractivity contribution in [2.24, 2.45) is 0 Å². The Morgan fingerprint density at radius 2 is 2.12 bits per heavy atom. The number of H-pyrrole nitrogens is 2. The summed E-state index contributed by atoms with van der Waals surface area (Å²) in [7, 11) is 0. The third-order valence-corrected chi connectivity index (χ3v) is 3.68. The van der Waals surface area contributed by atoms with Crippen LogP contribution in [0.15, 0.2) is 33.5 Å². The summed E-state index contributed by atoms with van der Waals surface area (Å²) < 4.78 is 1.01. The van der Waals surface area contributed by atoms with E-state index in [9.17, 15) is 4.79 Å². The van der Waals surface area contributed by atoms with E-state index in [1.165, 1.54) is 0 Å². The molecule has 86 valence electrons. The van der Waals surface area contributed by atoms with E-state index in [4.69, 9.17) is 0 Å². The quantitative estimate of drug-likeness (QED) is 0.710. The predicted octanol–water partition coefficient (Wildman–Crippen LogP) is 3.33. The summed E-state index contributed by atoms with van der Waals surface area (Å²) in [6.07, 6.45) is 0.803. The molecule has 0 saturated heterocycles. The summed E-state index contributed by atoms with van der Waals surface area (Å²) in [6.45, 7) is 2.03. The van der Waals surface area contributed by atoms with Gasteiger partial charge in [-0.05, 0) is 18.6 Å². The second-order valence-corrected chi connectivity index (χ2v) is 4.90. The molecule has 2 N–H and O–H groups in total. The molecule has 1 aromatic carbocycles. The number of fused-ring (bicyclic) bond motifs is 3. The van der Waals surface area contributed by atoms with Crippen molar-refractivity contribution in [1.29, 1.82) is 0 Å². The van der Waals surface area contributed by atoms with Gasteiger partial charge in [-0.2, -0.15) is 0 Å². The van der Waals surface area contributed by atoms with Gasteiger partial charge in [0.25, 0.3) is 0 Å². The normalized spacial score (nSPS) is 11.4. The molecule has 2 heterocycles. The van der Waals surface area contributed by atoms with E-state index in [-0.39, 0.29) is 5.56 Å². The summed E-state index contributed by atoms with van der Waals surface area (Å²) in [6, 6.07) is 7.64. The van der Waals surface area contributed by atoms with Crippen LogP contribution in [-0.2, 0) is 6.42 Å². The molecule has 0 aliphatic carbocycles. The number of hydrogen-bond donors (Lipinski definition) is 2. The van der Waals surface area contributed by atoms with Crippen molar-refractivity contribution >= 4 is 37.7 Å². The van der Waals surface area contributed by atoms with Crippen LogP contribution in [0.2, 0.25) is 0 Å². The van der Waals surface area contributed by atoms with E-state index >= 15 is 0 Å². The number of benzene rings is 1. The largest absolute Gasteiger partial charge is 0.353 e. The van der Waals surface area contributed by atoms with Gasteiger partial charge < -0.3 is 9.97 Å². The molecule has 0 spiro atoms. The molecule has 0 bridgehead atoms. The van der Waals surface area contributed by atoms with Crippen molar-refractivity contribution in [3.8, 4) is 0 Å². The highest BCUT2D eigenvalue weighted by molar-refractivity contribution is 9.10. The van der Waals surface area contributed by atoms with Crippen LogP contribution in [0, 0.1) is 0 Å². The number of halogens is 1. The highest BCUT2D eigenvalue weighted by atomic mass is 79.9. The van der Waals surface area contributed by atoms with Crippen molar-refractivity contribution in [3.05, 3.63) is 44.8 Å². The molecule has 3 nitrogen and oxygen atoms in total. The van der Waals surface area contributed by atoms with E-state index in [1.807, 2.05) is 25.1 Å². The van der Waals surface area contributed by atoms with Gasteiger partial charge in [-0.1, -0.05) is 28.9 Å². The summed E-state index contributed by atoms with van der Waals surface area (Å²) in [5.74, 6) is 0. The highest BCUT2D eigenvalue weighted by Gasteiger charge is 2.10. The van der Waals surface area contributed by atoms with Gasteiger partial charge in [0, 0.05) is 32.5 Å². The SMILES string of the molecule is CCc1[nH]c(=O)cc2c1[nH]c1cccc(Br)c12. The average Bonchev–Trinajstić information content (AvgIpc) is 2.67. The minimum atomic E-state index is -0.0500. The fourth-order valence-electron chi connectivity index (χ4n) is 2.25. The van der Waals surface area contributed by atoms with Gasteiger partial charge in [-0.15, -0.1) is 0 Å². The molecule has 2 aromatic heterocycles. The second kappa shape index (κ2) is 3.74. The third kappa shape index (κ3) is 1.52. The lowest BCUT2D eigenvalue weighted by Crippen LogP contribution is -2.06. The van der Waals surface area contributed by atoms with Crippen LogP contribution in [0.25, 0.3) is 21.8 Å². The smallest absolute Gasteiger partial charge is 0.248 e. The molecule has 3 rings (SSSR count). The Labute approximate surface area is 106 Å². The number of aromatic nitrogens is 2. The second-order valence-electron chi connectivity index (χ2n) is 4.04. The molecule has 0 aliphatic rings. The van der Waals surface area contributed by atoms with E-state index in [1.54, 1.807) is 6.07 Å². The average molecular weight is 291 g/mol. The van der Waals surface area contributed by atoms with Crippen LogP contribution >= 0.6 is 15.9 Å². The number of aryl methyl sites for hydroxylation is 1. The molecule has 17 heavy (non-hydrogen) atoms. The summed E-state index contributed by atoms with van der Waals surface area (Å²) in [4.78, 5) is 17.9. The molecule has 0 unspecified atom stereocenters. The number of hydrogen-bond acceptors (Lipinski definition) is 1. The maximum atomic E-state index is 11.6. The molecule has 0 saturated carbocycles. The zero-order valence-electron chi connectivity index (χ0n) is 9.30. The Morgan fingerprint density at radius 1 is 1.29 bits per heavy atom. The molecule has 0 amide bonds. The molecule has 0 fully saturated rings. The Balaban J connectivity index is 2.62. The molecule has 0 aliphatic heterocycles. The lowest BCUT2D eigenvalue weighted by Gasteiger charge is -1.98. The van der Waals surface area contributed by atoms with Gasteiger partial charge in [0.05, 0.1) is 5.52 Å². The number of rotatable bonds is 1.